The molecule has 3 atom stereocenters. The summed E-state index contributed by atoms with van der Waals surface area (Å²) >= 11 is 0. The Labute approximate surface area is 113 Å². The third kappa shape index (κ3) is 1.59. The molecule has 0 unspecified atom stereocenters. The Balaban J connectivity index is 1.78. The molecule has 1 N–H and O–H groups in total. The summed E-state index contributed by atoms with van der Waals surface area (Å²) in [6.07, 6.45) is 7.39. The van der Waals surface area contributed by atoms with Gasteiger partial charge in [-0.1, -0.05) is 24.3 Å². The maximum Gasteiger partial charge on any atom is 0.306 e. The summed E-state index contributed by atoms with van der Waals surface area (Å²) in [5.74, 6) is 0.402. The van der Waals surface area contributed by atoms with Crippen LogP contribution in [0.15, 0.2) is 24.3 Å². The van der Waals surface area contributed by atoms with Gasteiger partial charge in [0.25, 0.3) is 0 Å². The van der Waals surface area contributed by atoms with Crippen molar-refractivity contribution < 1.29 is 9.90 Å². The lowest BCUT2D eigenvalue weighted by atomic mass is 9.64. The highest BCUT2D eigenvalue weighted by Crippen LogP contribution is 2.52. The number of carbonyl (C=O) groups is 1. The van der Waals surface area contributed by atoms with Gasteiger partial charge in [0.05, 0.1) is 5.92 Å². The summed E-state index contributed by atoms with van der Waals surface area (Å²) < 4.78 is 0. The van der Waals surface area contributed by atoms with Crippen molar-refractivity contribution in [3.05, 3.63) is 41.0 Å². The van der Waals surface area contributed by atoms with Crippen LogP contribution >= 0.6 is 0 Å². The number of allylic oxidation sites excluding steroid dienone is 2. The molecule has 0 spiro atoms. The van der Waals surface area contributed by atoms with Crippen molar-refractivity contribution in [2.45, 2.75) is 38.0 Å². The summed E-state index contributed by atoms with van der Waals surface area (Å²) in [6, 6.07) is 6.61. The number of hydrogen-bond acceptors (Lipinski definition) is 1. The zero-order valence-corrected chi connectivity index (χ0v) is 10.9. The van der Waals surface area contributed by atoms with Crippen LogP contribution < -0.4 is 0 Å². The molecule has 2 heteroatoms. The van der Waals surface area contributed by atoms with Gasteiger partial charge in [-0.3, -0.25) is 4.79 Å². The predicted molar refractivity (Wildman–Crippen MR) is 73.9 cm³/mol. The highest BCUT2D eigenvalue weighted by atomic mass is 16.4. The fourth-order valence-corrected chi connectivity index (χ4v) is 4.38. The van der Waals surface area contributed by atoms with Crippen LogP contribution in [0, 0.1) is 11.8 Å². The van der Waals surface area contributed by atoms with Crippen molar-refractivity contribution >= 4 is 11.5 Å². The number of hydrogen-bond donors (Lipinski definition) is 1. The molecule has 3 aliphatic carbocycles. The zero-order chi connectivity index (χ0) is 13.0. The fourth-order valence-electron chi connectivity index (χ4n) is 4.38. The topological polar surface area (TPSA) is 37.3 Å². The molecule has 1 aromatic carbocycles. The van der Waals surface area contributed by atoms with Crippen molar-refractivity contribution in [1.82, 2.24) is 0 Å². The second kappa shape index (κ2) is 3.96. The van der Waals surface area contributed by atoms with Crippen molar-refractivity contribution in [2.75, 3.05) is 0 Å². The van der Waals surface area contributed by atoms with Crippen LogP contribution in [-0.2, 0) is 11.2 Å². The van der Waals surface area contributed by atoms with E-state index in [1.54, 1.807) is 0 Å². The molecule has 0 bridgehead atoms. The van der Waals surface area contributed by atoms with Crippen molar-refractivity contribution in [2.24, 2.45) is 11.8 Å². The number of aliphatic carboxylic acids is 1. The standard InChI is InChI=1S/C17H18O2/c18-17(19)13-7-5-11-8-12-6-4-10-2-1-3-14(16(10)12)15(11)9-13/h1-3,6,11,13,15H,4-5,7-9H2,(H,18,19)/t11-,13+,15+/m1/s1. The van der Waals surface area contributed by atoms with E-state index in [9.17, 15) is 9.90 Å². The smallest absolute Gasteiger partial charge is 0.306 e. The predicted octanol–water partition coefficient (Wildman–Crippen LogP) is 3.61. The van der Waals surface area contributed by atoms with Gasteiger partial charge in [0, 0.05) is 0 Å². The fraction of sp³-hybridized carbons (Fsp3) is 0.471. The van der Waals surface area contributed by atoms with Crippen LogP contribution in [0.5, 0.6) is 0 Å². The van der Waals surface area contributed by atoms with E-state index in [1.807, 2.05) is 0 Å². The average molecular weight is 254 g/mol. The number of carboxylic acids is 1. The monoisotopic (exact) mass is 254 g/mol. The molecule has 1 aromatic rings. The normalized spacial score (nSPS) is 31.4. The molecule has 0 amide bonds. The van der Waals surface area contributed by atoms with Gasteiger partial charge >= 0.3 is 5.97 Å². The molecule has 2 nitrogen and oxygen atoms in total. The minimum absolute atomic E-state index is 0.135. The molecule has 0 aromatic heterocycles. The third-order valence-corrected chi connectivity index (χ3v) is 5.30. The number of benzene rings is 1. The summed E-state index contributed by atoms with van der Waals surface area (Å²) in [6.45, 7) is 0. The minimum Gasteiger partial charge on any atom is -0.481 e. The molecule has 4 rings (SSSR count). The number of carboxylic acid groups (broad SMARTS) is 1. The molecule has 1 fully saturated rings. The van der Waals surface area contributed by atoms with Crippen LogP contribution in [0.4, 0.5) is 0 Å². The van der Waals surface area contributed by atoms with Crippen molar-refractivity contribution in [3.8, 4) is 0 Å². The lowest BCUT2D eigenvalue weighted by Gasteiger charge is -2.40. The van der Waals surface area contributed by atoms with Gasteiger partial charge < -0.3 is 5.11 Å². The number of rotatable bonds is 1. The van der Waals surface area contributed by atoms with Gasteiger partial charge in [-0.2, -0.15) is 0 Å². The van der Waals surface area contributed by atoms with E-state index < -0.39 is 5.97 Å². The highest BCUT2D eigenvalue weighted by molar-refractivity contribution is 5.78. The van der Waals surface area contributed by atoms with Crippen LogP contribution in [0.1, 0.15) is 48.3 Å². The van der Waals surface area contributed by atoms with Gasteiger partial charge in [0.2, 0.25) is 0 Å². The van der Waals surface area contributed by atoms with E-state index in [4.69, 9.17) is 0 Å². The average Bonchev–Trinajstić information content (AvgIpc) is 2.83. The maximum absolute atomic E-state index is 11.3. The Morgan fingerprint density at radius 2 is 2.16 bits per heavy atom. The molecule has 0 aliphatic heterocycles. The SMILES string of the molecule is O=C(O)[C@H]1CC[C@@H]2CC3=CCc4cccc(c43)[C@H]2C1. The molecule has 19 heavy (non-hydrogen) atoms. The van der Waals surface area contributed by atoms with E-state index in [0.717, 1.165) is 25.7 Å². The first-order chi connectivity index (χ1) is 9.24. The van der Waals surface area contributed by atoms with E-state index in [-0.39, 0.29) is 5.92 Å². The Hall–Kier alpha value is -1.57. The van der Waals surface area contributed by atoms with Crippen molar-refractivity contribution in [1.29, 1.82) is 0 Å². The molecular formula is C17H18O2. The Morgan fingerprint density at radius 1 is 1.26 bits per heavy atom. The maximum atomic E-state index is 11.3. The second-order valence-electron chi connectivity index (χ2n) is 6.23. The molecule has 3 aliphatic rings. The van der Waals surface area contributed by atoms with Crippen LogP contribution in [0.25, 0.3) is 5.57 Å². The molecular weight excluding hydrogens is 236 g/mol. The number of fused-ring (bicyclic) bond motifs is 2. The van der Waals surface area contributed by atoms with E-state index in [2.05, 4.69) is 24.3 Å². The Kier molecular flexibility index (Phi) is 2.35. The van der Waals surface area contributed by atoms with Crippen LogP contribution in [-0.4, -0.2) is 11.1 Å². The first-order valence-corrected chi connectivity index (χ1v) is 7.28. The third-order valence-electron chi connectivity index (χ3n) is 5.30. The zero-order valence-electron chi connectivity index (χ0n) is 10.9. The van der Waals surface area contributed by atoms with Gasteiger partial charge in [-0.15, -0.1) is 0 Å². The summed E-state index contributed by atoms with van der Waals surface area (Å²) in [4.78, 5) is 11.3. The molecule has 98 valence electrons. The van der Waals surface area contributed by atoms with Gasteiger partial charge in [-0.25, -0.2) is 0 Å². The molecule has 0 radical (unpaired) electrons. The van der Waals surface area contributed by atoms with E-state index in [1.165, 1.54) is 28.7 Å². The highest BCUT2D eigenvalue weighted by Gasteiger charge is 2.40. The summed E-state index contributed by atoms with van der Waals surface area (Å²) in [7, 11) is 0. The van der Waals surface area contributed by atoms with Crippen LogP contribution in [0.3, 0.4) is 0 Å². The quantitative estimate of drug-likeness (QED) is 0.831. The van der Waals surface area contributed by atoms with Gasteiger partial charge in [0.15, 0.2) is 0 Å². The summed E-state index contributed by atoms with van der Waals surface area (Å²) in [5, 5.41) is 9.28. The van der Waals surface area contributed by atoms with Gasteiger partial charge in [0.1, 0.15) is 0 Å². The lowest BCUT2D eigenvalue weighted by molar-refractivity contribution is -0.143. The van der Waals surface area contributed by atoms with E-state index >= 15 is 0 Å². The largest absolute Gasteiger partial charge is 0.481 e. The van der Waals surface area contributed by atoms with Gasteiger partial charge in [-0.05, 0) is 66.2 Å². The Bertz CT molecular complexity index is 585. The second-order valence-corrected chi connectivity index (χ2v) is 6.23. The lowest BCUT2D eigenvalue weighted by Crippen LogP contribution is -2.30. The van der Waals surface area contributed by atoms with E-state index in [0.29, 0.717) is 11.8 Å². The Morgan fingerprint density at radius 3 is 3.00 bits per heavy atom. The molecule has 0 saturated heterocycles. The summed E-state index contributed by atoms with van der Waals surface area (Å²) in [5.41, 5.74) is 5.88. The molecule has 1 saturated carbocycles. The van der Waals surface area contributed by atoms with Crippen molar-refractivity contribution in [3.63, 3.8) is 0 Å². The van der Waals surface area contributed by atoms with Crippen LogP contribution in [0.2, 0.25) is 0 Å². The molecule has 0 heterocycles. The first-order valence-electron chi connectivity index (χ1n) is 7.28. The first kappa shape index (κ1) is 11.3. The minimum atomic E-state index is -0.604.